The summed E-state index contributed by atoms with van der Waals surface area (Å²) >= 11 is 0. The van der Waals surface area contributed by atoms with E-state index in [2.05, 4.69) is 26.0 Å². The molecular weight excluding hydrogens is 212 g/mol. The molecule has 1 aromatic rings. The van der Waals surface area contributed by atoms with Gasteiger partial charge < -0.3 is 4.74 Å². The summed E-state index contributed by atoms with van der Waals surface area (Å²) in [5.74, 6) is 0.117. The topological polar surface area (TPSA) is 26.3 Å². The van der Waals surface area contributed by atoms with E-state index in [-0.39, 0.29) is 12.1 Å². The Hall–Kier alpha value is -1.31. The van der Waals surface area contributed by atoms with Crippen LogP contribution in [0.4, 0.5) is 0 Å². The van der Waals surface area contributed by atoms with Crippen LogP contribution in [0.3, 0.4) is 0 Å². The lowest BCUT2D eigenvalue weighted by atomic mass is 9.93. The molecule has 93 valence electrons. The molecule has 0 saturated carbocycles. The average Bonchev–Trinajstić information content (AvgIpc) is 2.29. The monoisotopic (exact) mass is 233 g/mol. The number of rotatable bonds is 6. The molecule has 1 aromatic carbocycles. The molecule has 0 saturated heterocycles. The summed E-state index contributed by atoms with van der Waals surface area (Å²) in [6, 6.07) is 10.3. The highest BCUT2D eigenvalue weighted by atomic mass is 16.5. The maximum atomic E-state index is 11.0. The zero-order valence-electron chi connectivity index (χ0n) is 10.7. The fraction of sp³-hybridized carbons (Fsp3) is 0.467. The van der Waals surface area contributed by atoms with Crippen molar-refractivity contribution in [2.45, 2.75) is 39.2 Å². The standard InChI is InChI=1S/C15H21O2/c1-4-8-15(17-13(3)16)12(2)11-14-9-6-5-7-10-14/h5-7,9-10,12,15H,1,4,8,11H2,2-3H3. The van der Waals surface area contributed by atoms with Crippen LogP contribution in [0.1, 0.15) is 32.3 Å². The minimum absolute atomic E-state index is 0.0230. The first-order chi connectivity index (χ1) is 8.13. The largest absolute Gasteiger partial charge is 0.462 e. The van der Waals surface area contributed by atoms with Crippen molar-refractivity contribution in [2.24, 2.45) is 5.92 Å². The van der Waals surface area contributed by atoms with Crippen molar-refractivity contribution in [1.82, 2.24) is 0 Å². The molecule has 0 aliphatic carbocycles. The van der Waals surface area contributed by atoms with Crippen molar-refractivity contribution in [1.29, 1.82) is 0 Å². The van der Waals surface area contributed by atoms with Crippen LogP contribution >= 0.6 is 0 Å². The van der Waals surface area contributed by atoms with E-state index in [1.54, 1.807) is 0 Å². The van der Waals surface area contributed by atoms with Gasteiger partial charge in [-0.25, -0.2) is 0 Å². The van der Waals surface area contributed by atoms with Gasteiger partial charge in [0.25, 0.3) is 0 Å². The maximum absolute atomic E-state index is 11.0. The minimum Gasteiger partial charge on any atom is -0.462 e. The number of carbonyl (C=O) groups is 1. The second-order valence-corrected chi connectivity index (χ2v) is 4.46. The van der Waals surface area contributed by atoms with Gasteiger partial charge in [0, 0.05) is 6.92 Å². The van der Waals surface area contributed by atoms with E-state index in [1.165, 1.54) is 12.5 Å². The first-order valence-electron chi connectivity index (χ1n) is 6.14. The van der Waals surface area contributed by atoms with Gasteiger partial charge in [0.2, 0.25) is 0 Å². The highest BCUT2D eigenvalue weighted by Gasteiger charge is 2.19. The summed E-state index contributed by atoms with van der Waals surface area (Å²) in [7, 11) is 0. The Labute approximate surface area is 104 Å². The van der Waals surface area contributed by atoms with Crippen LogP contribution in [0.5, 0.6) is 0 Å². The fourth-order valence-corrected chi connectivity index (χ4v) is 1.99. The number of hydrogen-bond donors (Lipinski definition) is 0. The van der Waals surface area contributed by atoms with Gasteiger partial charge in [-0.3, -0.25) is 4.79 Å². The number of carbonyl (C=O) groups excluding carboxylic acids is 1. The molecule has 0 fully saturated rings. The average molecular weight is 233 g/mol. The van der Waals surface area contributed by atoms with E-state index in [1.807, 2.05) is 18.2 Å². The molecule has 0 aromatic heterocycles. The second-order valence-electron chi connectivity index (χ2n) is 4.46. The van der Waals surface area contributed by atoms with Gasteiger partial charge in [-0.15, -0.1) is 0 Å². The first kappa shape index (κ1) is 13.8. The SMILES string of the molecule is [CH2]CCC(OC(C)=O)C(C)Cc1ccccc1. The van der Waals surface area contributed by atoms with Crippen molar-refractivity contribution in [3.8, 4) is 0 Å². The fourth-order valence-electron chi connectivity index (χ4n) is 1.99. The summed E-state index contributed by atoms with van der Waals surface area (Å²) in [5.41, 5.74) is 1.28. The zero-order chi connectivity index (χ0) is 12.7. The van der Waals surface area contributed by atoms with E-state index < -0.39 is 0 Å². The third-order valence-corrected chi connectivity index (χ3v) is 2.84. The maximum Gasteiger partial charge on any atom is 0.302 e. The third-order valence-electron chi connectivity index (χ3n) is 2.84. The molecule has 0 aliphatic rings. The molecule has 17 heavy (non-hydrogen) atoms. The van der Waals surface area contributed by atoms with Crippen LogP contribution in [0.2, 0.25) is 0 Å². The first-order valence-corrected chi connectivity index (χ1v) is 6.14. The normalized spacial score (nSPS) is 14.1. The summed E-state index contributed by atoms with van der Waals surface area (Å²) in [6.45, 7) is 7.42. The molecule has 1 radical (unpaired) electrons. The van der Waals surface area contributed by atoms with Gasteiger partial charge in [-0.05, 0) is 30.7 Å². The Morgan fingerprint density at radius 1 is 1.35 bits per heavy atom. The van der Waals surface area contributed by atoms with Crippen LogP contribution in [0, 0.1) is 12.8 Å². The minimum atomic E-state index is -0.205. The van der Waals surface area contributed by atoms with Gasteiger partial charge in [0.1, 0.15) is 6.10 Å². The van der Waals surface area contributed by atoms with Crippen LogP contribution in [-0.2, 0) is 16.0 Å². The number of esters is 1. The van der Waals surface area contributed by atoms with Crippen LogP contribution < -0.4 is 0 Å². The van der Waals surface area contributed by atoms with E-state index in [0.717, 1.165) is 19.3 Å². The Balaban J connectivity index is 2.58. The molecule has 2 atom stereocenters. The van der Waals surface area contributed by atoms with Crippen molar-refractivity contribution >= 4 is 5.97 Å². The van der Waals surface area contributed by atoms with Gasteiger partial charge >= 0.3 is 5.97 Å². The lowest BCUT2D eigenvalue weighted by molar-refractivity contribution is -0.149. The summed E-state index contributed by atoms with van der Waals surface area (Å²) in [4.78, 5) is 11.0. The molecule has 0 amide bonds. The number of benzene rings is 1. The Kier molecular flexibility index (Phi) is 5.75. The Morgan fingerprint density at radius 2 is 2.00 bits per heavy atom. The van der Waals surface area contributed by atoms with Crippen molar-refractivity contribution in [3.63, 3.8) is 0 Å². The molecule has 0 spiro atoms. The van der Waals surface area contributed by atoms with Crippen molar-refractivity contribution < 1.29 is 9.53 Å². The second kappa shape index (κ2) is 7.10. The van der Waals surface area contributed by atoms with Crippen LogP contribution in [0.15, 0.2) is 30.3 Å². The lowest BCUT2D eigenvalue weighted by Gasteiger charge is -2.23. The third kappa shape index (κ3) is 5.03. The summed E-state index contributed by atoms with van der Waals surface area (Å²) in [6.07, 6.45) is 2.52. The molecule has 1 rings (SSSR count). The molecule has 0 N–H and O–H groups in total. The molecule has 2 unspecified atom stereocenters. The van der Waals surface area contributed by atoms with Crippen molar-refractivity contribution in [3.05, 3.63) is 42.8 Å². The van der Waals surface area contributed by atoms with Gasteiger partial charge in [0.05, 0.1) is 0 Å². The molecular formula is C15H21O2. The van der Waals surface area contributed by atoms with Gasteiger partial charge in [-0.1, -0.05) is 44.2 Å². The lowest BCUT2D eigenvalue weighted by Crippen LogP contribution is -2.25. The zero-order valence-corrected chi connectivity index (χ0v) is 10.7. The van der Waals surface area contributed by atoms with Crippen molar-refractivity contribution in [2.75, 3.05) is 0 Å². The van der Waals surface area contributed by atoms with Gasteiger partial charge in [0.15, 0.2) is 0 Å². The highest BCUT2D eigenvalue weighted by Crippen LogP contribution is 2.18. The molecule has 2 nitrogen and oxygen atoms in total. The number of ether oxygens (including phenoxy) is 1. The van der Waals surface area contributed by atoms with Gasteiger partial charge in [-0.2, -0.15) is 0 Å². The summed E-state index contributed by atoms with van der Waals surface area (Å²) < 4.78 is 5.35. The van der Waals surface area contributed by atoms with E-state index in [4.69, 9.17) is 4.74 Å². The number of hydrogen-bond acceptors (Lipinski definition) is 2. The van der Waals surface area contributed by atoms with E-state index in [0.29, 0.717) is 5.92 Å². The van der Waals surface area contributed by atoms with E-state index >= 15 is 0 Å². The highest BCUT2D eigenvalue weighted by molar-refractivity contribution is 5.66. The van der Waals surface area contributed by atoms with E-state index in [9.17, 15) is 4.79 Å². The van der Waals surface area contributed by atoms with Crippen LogP contribution in [0.25, 0.3) is 0 Å². The smallest absolute Gasteiger partial charge is 0.302 e. The molecule has 0 heterocycles. The quantitative estimate of drug-likeness (QED) is 0.704. The predicted molar refractivity (Wildman–Crippen MR) is 69.5 cm³/mol. The molecule has 0 aliphatic heterocycles. The van der Waals surface area contributed by atoms with Crippen LogP contribution in [-0.4, -0.2) is 12.1 Å². The molecule has 2 heteroatoms. The summed E-state index contributed by atoms with van der Waals surface area (Å²) in [5, 5.41) is 0. The Morgan fingerprint density at radius 3 is 2.53 bits per heavy atom. The Bertz CT molecular complexity index is 332. The molecule has 0 bridgehead atoms. The predicted octanol–water partition coefficient (Wildman–Crippen LogP) is 3.41.